The first kappa shape index (κ1) is 30.4. The smallest absolute Gasteiger partial charge is 0.0541 e. The maximum absolute atomic E-state index is 2.44. The molecule has 246 valence electrons. The SMILES string of the molecule is CC1(C)c2ccccc2-c2ccc(-c3cccc(-c4ccc5c(c4)c4ccccc4n5-c4cc(-c5ccccc5)cc(-c5ccccc5)c4)c3)cc21. The topological polar surface area (TPSA) is 4.93 Å². The lowest BCUT2D eigenvalue weighted by Gasteiger charge is -2.22. The molecule has 8 aromatic carbocycles. The first-order chi connectivity index (χ1) is 25.5. The van der Waals surface area contributed by atoms with Crippen LogP contribution in [0.25, 0.3) is 83.1 Å². The second-order valence-electron chi connectivity index (χ2n) is 14.6. The van der Waals surface area contributed by atoms with Crippen molar-refractivity contribution in [1.82, 2.24) is 4.57 Å². The van der Waals surface area contributed by atoms with Crippen molar-refractivity contribution in [2.45, 2.75) is 19.3 Å². The summed E-state index contributed by atoms with van der Waals surface area (Å²) in [5.74, 6) is 0. The Balaban J connectivity index is 1.10. The quantitative estimate of drug-likeness (QED) is 0.173. The first-order valence-corrected chi connectivity index (χ1v) is 18.2. The minimum Gasteiger partial charge on any atom is -0.309 e. The molecule has 0 N–H and O–H groups in total. The summed E-state index contributed by atoms with van der Waals surface area (Å²) in [6.45, 7) is 4.70. The average molecular weight is 664 g/mol. The van der Waals surface area contributed by atoms with Gasteiger partial charge in [0.05, 0.1) is 11.0 Å². The van der Waals surface area contributed by atoms with Crippen molar-refractivity contribution in [2.24, 2.45) is 0 Å². The highest BCUT2D eigenvalue weighted by atomic mass is 15.0. The molecule has 0 saturated carbocycles. The number of fused-ring (bicyclic) bond motifs is 6. The molecule has 1 heterocycles. The lowest BCUT2D eigenvalue weighted by Crippen LogP contribution is -2.14. The highest BCUT2D eigenvalue weighted by Gasteiger charge is 2.35. The monoisotopic (exact) mass is 663 g/mol. The lowest BCUT2D eigenvalue weighted by molar-refractivity contribution is 0.660. The highest BCUT2D eigenvalue weighted by molar-refractivity contribution is 6.10. The van der Waals surface area contributed by atoms with Gasteiger partial charge in [-0.05, 0) is 115 Å². The summed E-state index contributed by atoms with van der Waals surface area (Å²) in [4.78, 5) is 0. The van der Waals surface area contributed by atoms with Crippen LogP contribution >= 0.6 is 0 Å². The standard InChI is InChI=1S/C51H37N/c1-51(2)47-22-11-9-20-43(47)44-26-24-39(33-48(44)51)37-19-13-18-36(28-37)38-25-27-50-46(32-38)45-21-10-12-23-49(45)52(50)42-30-40(34-14-5-3-6-15-34)29-41(31-42)35-16-7-4-8-17-35/h3-33H,1-2H3. The fourth-order valence-electron chi connectivity index (χ4n) is 8.53. The average Bonchev–Trinajstić information content (AvgIpc) is 3.66. The maximum Gasteiger partial charge on any atom is 0.0541 e. The van der Waals surface area contributed by atoms with Crippen LogP contribution in [0, 0.1) is 0 Å². The van der Waals surface area contributed by atoms with Crippen LogP contribution in [0.2, 0.25) is 0 Å². The molecule has 1 aliphatic carbocycles. The third kappa shape index (κ3) is 4.85. The van der Waals surface area contributed by atoms with E-state index in [0.29, 0.717) is 0 Å². The molecule has 10 rings (SSSR count). The first-order valence-electron chi connectivity index (χ1n) is 18.2. The zero-order valence-corrected chi connectivity index (χ0v) is 29.3. The zero-order valence-electron chi connectivity index (χ0n) is 29.3. The third-order valence-electron chi connectivity index (χ3n) is 11.2. The minimum atomic E-state index is -0.0265. The fourth-order valence-corrected chi connectivity index (χ4v) is 8.53. The largest absolute Gasteiger partial charge is 0.309 e. The van der Waals surface area contributed by atoms with Gasteiger partial charge in [-0.15, -0.1) is 0 Å². The second-order valence-corrected chi connectivity index (χ2v) is 14.6. The third-order valence-corrected chi connectivity index (χ3v) is 11.2. The number of rotatable bonds is 5. The van der Waals surface area contributed by atoms with Crippen molar-refractivity contribution in [2.75, 3.05) is 0 Å². The molecular formula is C51H37N. The summed E-state index contributed by atoms with van der Waals surface area (Å²) in [7, 11) is 0. The van der Waals surface area contributed by atoms with Crippen LogP contribution in [0.4, 0.5) is 0 Å². The molecule has 0 saturated heterocycles. The summed E-state index contributed by atoms with van der Waals surface area (Å²) in [5.41, 5.74) is 18.8. The van der Waals surface area contributed by atoms with E-state index in [1.807, 2.05) is 0 Å². The van der Waals surface area contributed by atoms with E-state index >= 15 is 0 Å². The van der Waals surface area contributed by atoms with Gasteiger partial charge in [-0.1, -0.05) is 153 Å². The van der Waals surface area contributed by atoms with Crippen molar-refractivity contribution in [3.63, 3.8) is 0 Å². The van der Waals surface area contributed by atoms with Crippen molar-refractivity contribution >= 4 is 21.8 Å². The van der Waals surface area contributed by atoms with Gasteiger partial charge in [0, 0.05) is 21.9 Å². The molecule has 0 bridgehead atoms. The summed E-state index contributed by atoms with van der Waals surface area (Å²) in [6, 6.07) is 69.1. The van der Waals surface area contributed by atoms with Gasteiger partial charge in [-0.3, -0.25) is 0 Å². The molecule has 1 heteroatoms. The van der Waals surface area contributed by atoms with Gasteiger partial charge in [0.2, 0.25) is 0 Å². The fraction of sp³-hybridized carbons (Fsp3) is 0.0588. The van der Waals surface area contributed by atoms with Gasteiger partial charge in [0.25, 0.3) is 0 Å². The van der Waals surface area contributed by atoms with E-state index in [1.165, 1.54) is 88.6 Å². The number of nitrogens with zero attached hydrogens (tertiary/aromatic N) is 1. The van der Waals surface area contributed by atoms with Crippen molar-refractivity contribution in [3.8, 4) is 61.3 Å². The van der Waals surface area contributed by atoms with Gasteiger partial charge in [-0.2, -0.15) is 0 Å². The van der Waals surface area contributed by atoms with E-state index in [9.17, 15) is 0 Å². The Bertz CT molecular complexity index is 2740. The molecular weight excluding hydrogens is 627 g/mol. The second kappa shape index (κ2) is 11.8. The van der Waals surface area contributed by atoms with Crippen LogP contribution in [0.3, 0.4) is 0 Å². The summed E-state index contributed by atoms with van der Waals surface area (Å²) >= 11 is 0. The molecule has 0 unspecified atom stereocenters. The molecule has 1 aromatic heterocycles. The lowest BCUT2D eigenvalue weighted by atomic mass is 9.81. The van der Waals surface area contributed by atoms with E-state index in [2.05, 4.69) is 206 Å². The molecule has 0 spiro atoms. The predicted molar refractivity (Wildman–Crippen MR) is 220 cm³/mol. The Morgan fingerprint density at radius 2 is 0.846 bits per heavy atom. The van der Waals surface area contributed by atoms with Gasteiger partial charge < -0.3 is 4.57 Å². The molecule has 0 radical (unpaired) electrons. The van der Waals surface area contributed by atoms with Crippen LogP contribution in [-0.2, 0) is 5.41 Å². The molecule has 1 aliphatic rings. The molecule has 0 amide bonds. The van der Waals surface area contributed by atoms with E-state index in [4.69, 9.17) is 0 Å². The maximum atomic E-state index is 2.44. The van der Waals surface area contributed by atoms with Crippen LogP contribution in [-0.4, -0.2) is 4.57 Å². The Labute approximate surface area is 305 Å². The van der Waals surface area contributed by atoms with Crippen molar-refractivity contribution in [3.05, 3.63) is 199 Å². The predicted octanol–water partition coefficient (Wildman–Crippen LogP) is 13.8. The number of hydrogen-bond acceptors (Lipinski definition) is 0. The van der Waals surface area contributed by atoms with Crippen LogP contribution < -0.4 is 0 Å². The molecule has 1 nitrogen and oxygen atoms in total. The summed E-state index contributed by atoms with van der Waals surface area (Å²) in [5, 5.41) is 2.50. The van der Waals surface area contributed by atoms with Crippen molar-refractivity contribution < 1.29 is 0 Å². The Hall–Kier alpha value is -6.44. The molecule has 0 fully saturated rings. The van der Waals surface area contributed by atoms with E-state index < -0.39 is 0 Å². The Kier molecular flexibility index (Phi) is 6.91. The van der Waals surface area contributed by atoms with Crippen LogP contribution in [0.15, 0.2) is 188 Å². The number of para-hydroxylation sites is 1. The molecule has 52 heavy (non-hydrogen) atoms. The van der Waals surface area contributed by atoms with Gasteiger partial charge in [0.15, 0.2) is 0 Å². The van der Waals surface area contributed by atoms with E-state index in [-0.39, 0.29) is 5.41 Å². The highest BCUT2D eigenvalue weighted by Crippen LogP contribution is 2.49. The van der Waals surface area contributed by atoms with Crippen LogP contribution in [0.1, 0.15) is 25.0 Å². The normalized spacial score (nSPS) is 13.0. The van der Waals surface area contributed by atoms with Gasteiger partial charge in [-0.25, -0.2) is 0 Å². The van der Waals surface area contributed by atoms with Crippen LogP contribution in [0.5, 0.6) is 0 Å². The number of aromatic nitrogens is 1. The Morgan fingerprint density at radius 1 is 0.327 bits per heavy atom. The van der Waals surface area contributed by atoms with Crippen molar-refractivity contribution in [1.29, 1.82) is 0 Å². The number of hydrogen-bond donors (Lipinski definition) is 0. The summed E-state index contributed by atoms with van der Waals surface area (Å²) < 4.78 is 2.44. The number of benzene rings is 8. The summed E-state index contributed by atoms with van der Waals surface area (Å²) in [6.07, 6.45) is 0. The zero-order chi connectivity index (χ0) is 34.8. The van der Waals surface area contributed by atoms with Gasteiger partial charge >= 0.3 is 0 Å². The Morgan fingerprint density at radius 3 is 1.58 bits per heavy atom. The molecule has 0 atom stereocenters. The van der Waals surface area contributed by atoms with E-state index in [0.717, 1.165) is 5.69 Å². The molecule has 9 aromatic rings. The van der Waals surface area contributed by atoms with Gasteiger partial charge in [0.1, 0.15) is 0 Å². The minimum absolute atomic E-state index is 0.0265. The van der Waals surface area contributed by atoms with E-state index in [1.54, 1.807) is 0 Å². The molecule has 0 aliphatic heterocycles.